The van der Waals surface area contributed by atoms with E-state index < -0.39 is 0 Å². The monoisotopic (exact) mass is 409 g/mol. The number of halogens is 1. The molecular formula is C23H20ClNO2S. The molecule has 3 aromatic rings. The SMILES string of the molecule is CC1(C)CC(=O)C(c2sc(-c3ccc(Cl)cc3)nc2-c2ccccc2)=C(O)C1. The topological polar surface area (TPSA) is 50.2 Å². The maximum absolute atomic E-state index is 12.9. The molecule has 0 saturated heterocycles. The van der Waals surface area contributed by atoms with Crippen LogP contribution in [-0.4, -0.2) is 15.9 Å². The van der Waals surface area contributed by atoms with Gasteiger partial charge in [0.2, 0.25) is 0 Å². The number of benzene rings is 2. The molecule has 0 aliphatic heterocycles. The molecule has 0 spiro atoms. The third kappa shape index (κ3) is 3.62. The third-order valence-electron chi connectivity index (χ3n) is 4.85. The van der Waals surface area contributed by atoms with Gasteiger partial charge in [0.25, 0.3) is 0 Å². The maximum atomic E-state index is 12.9. The smallest absolute Gasteiger partial charge is 0.168 e. The van der Waals surface area contributed by atoms with Crippen LogP contribution in [0.3, 0.4) is 0 Å². The lowest BCUT2D eigenvalue weighted by atomic mass is 9.76. The first-order chi connectivity index (χ1) is 13.3. The molecule has 5 heteroatoms. The van der Waals surface area contributed by atoms with E-state index in [9.17, 15) is 9.90 Å². The van der Waals surface area contributed by atoms with Crippen LogP contribution in [0, 0.1) is 5.41 Å². The summed E-state index contributed by atoms with van der Waals surface area (Å²) in [5.41, 5.74) is 2.76. The molecule has 4 rings (SSSR count). The molecule has 1 aliphatic rings. The van der Waals surface area contributed by atoms with Crippen molar-refractivity contribution in [3.8, 4) is 21.8 Å². The Morgan fingerprint density at radius 1 is 1.00 bits per heavy atom. The first kappa shape index (κ1) is 18.9. The van der Waals surface area contributed by atoms with Crippen LogP contribution in [0.4, 0.5) is 0 Å². The summed E-state index contributed by atoms with van der Waals surface area (Å²) in [6.07, 6.45) is 0.894. The first-order valence-corrected chi connectivity index (χ1v) is 10.3. The molecule has 1 heterocycles. The van der Waals surface area contributed by atoms with Crippen LogP contribution in [0.25, 0.3) is 27.4 Å². The summed E-state index contributed by atoms with van der Waals surface area (Å²) in [6.45, 7) is 4.00. The highest BCUT2D eigenvalue weighted by Crippen LogP contribution is 2.45. The number of ketones is 1. The van der Waals surface area contributed by atoms with Gasteiger partial charge in [0, 0.05) is 29.0 Å². The van der Waals surface area contributed by atoms with Crippen molar-refractivity contribution in [1.82, 2.24) is 4.98 Å². The van der Waals surface area contributed by atoms with Gasteiger partial charge in [0.15, 0.2) is 5.78 Å². The molecule has 0 amide bonds. The van der Waals surface area contributed by atoms with Crippen molar-refractivity contribution in [2.45, 2.75) is 26.7 Å². The lowest BCUT2D eigenvalue weighted by Crippen LogP contribution is -2.25. The molecular weight excluding hydrogens is 390 g/mol. The lowest BCUT2D eigenvalue weighted by molar-refractivity contribution is -0.116. The van der Waals surface area contributed by atoms with Gasteiger partial charge in [-0.1, -0.05) is 67.9 Å². The number of allylic oxidation sites excluding steroid dienone is 2. The number of aliphatic hydroxyl groups is 1. The van der Waals surface area contributed by atoms with Crippen LogP contribution in [0.5, 0.6) is 0 Å². The molecule has 0 unspecified atom stereocenters. The van der Waals surface area contributed by atoms with Crippen LogP contribution in [0.1, 0.15) is 31.6 Å². The first-order valence-electron chi connectivity index (χ1n) is 9.12. The third-order valence-corrected chi connectivity index (χ3v) is 6.22. The van der Waals surface area contributed by atoms with Crippen LogP contribution < -0.4 is 0 Å². The van der Waals surface area contributed by atoms with Gasteiger partial charge in [-0.05, 0) is 17.5 Å². The van der Waals surface area contributed by atoms with Gasteiger partial charge in [0.1, 0.15) is 10.8 Å². The fourth-order valence-corrected chi connectivity index (χ4v) is 4.85. The summed E-state index contributed by atoms with van der Waals surface area (Å²) in [6, 6.07) is 17.3. The molecule has 1 N–H and O–H groups in total. The van der Waals surface area contributed by atoms with Crippen molar-refractivity contribution in [2.24, 2.45) is 5.41 Å². The number of carbonyl (C=O) groups is 1. The van der Waals surface area contributed by atoms with Gasteiger partial charge in [-0.15, -0.1) is 11.3 Å². The van der Waals surface area contributed by atoms with Gasteiger partial charge in [-0.2, -0.15) is 0 Å². The Morgan fingerprint density at radius 2 is 1.68 bits per heavy atom. The Kier molecular flexibility index (Phi) is 4.86. The van der Waals surface area contributed by atoms with Crippen molar-refractivity contribution < 1.29 is 9.90 Å². The van der Waals surface area contributed by atoms with Crippen LogP contribution in [-0.2, 0) is 4.79 Å². The normalized spacial score (nSPS) is 16.5. The summed E-state index contributed by atoms with van der Waals surface area (Å²) < 4.78 is 0. The van der Waals surface area contributed by atoms with E-state index in [1.807, 2.05) is 68.4 Å². The molecule has 0 atom stereocenters. The molecule has 1 aliphatic carbocycles. The molecule has 2 aromatic carbocycles. The predicted octanol–water partition coefficient (Wildman–Crippen LogP) is 6.79. The Morgan fingerprint density at radius 3 is 2.32 bits per heavy atom. The predicted molar refractivity (Wildman–Crippen MR) is 116 cm³/mol. The van der Waals surface area contributed by atoms with E-state index in [1.165, 1.54) is 11.3 Å². The molecule has 142 valence electrons. The zero-order valence-electron chi connectivity index (χ0n) is 15.7. The van der Waals surface area contributed by atoms with Gasteiger partial charge in [0.05, 0.1) is 16.1 Å². The Bertz CT molecular complexity index is 1070. The number of rotatable bonds is 3. The number of Topliss-reactive ketones (excluding diaryl/α,β-unsaturated/α-hetero) is 1. The van der Waals surface area contributed by atoms with E-state index in [-0.39, 0.29) is 17.0 Å². The van der Waals surface area contributed by atoms with E-state index in [0.717, 1.165) is 26.7 Å². The number of nitrogens with zero attached hydrogens (tertiary/aromatic N) is 1. The van der Waals surface area contributed by atoms with Crippen LogP contribution in [0.15, 0.2) is 60.4 Å². The summed E-state index contributed by atoms with van der Waals surface area (Å²) in [7, 11) is 0. The average Bonchev–Trinajstić information content (AvgIpc) is 3.06. The summed E-state index contributed by atoms with van der Waals surface area (Å²) in [5, 5.41) is 12.2. The van der Waals surface area contributed by atoms with Gasteiger partial charge in [-0.25, -0.2) is 4.98 Å². The van der Waals surface area contributed by atoms with Crippen molar-refractivity contribution in [2.75, 3.05) is 0 Å². The van der Waals surface area contributed by atoms with E-state index in [2.05, 4.69) is 0 Å². The number of carbonyl (C=O) groups excluding carboxylic acids is 1. The van der Waals surface area contributed by atoms with E-state index in [4.69, 9.17) is 16.6 Å². The van der Waals surface area contributed by atoms with Gasteiger partial charge < -0.3 is 5.11 Å². The molecule has 1 aromatic heterocycles. The highest BCUT2D eigenvalue weighted by molar-refractivity contribution is 7.17. The number of hydrogen-bond donors (Lipinski definition) is 1. The molecule has 28 heavy (non-hydrogen) atoms. The fraction of sp³-hybridized carbons (Fsp3) is 0.217. The van der Waals surface area contributed by atoms with Crippen molar-refractivity contribution in [3.63, 3.8) is 0 Å². The second-order valence-corrected chi connectivity index (χ2v) is 9.27. The van der Waals surface area contributed by atoms with E-state index in [0.29, 0.717) is 23.4 Å². The highest BCUT2D eigenvalue weighted by Gasteiger charge is 2.36. The van der Waals surface area contributed by atoms with Crippen molar-refractivity contribution in [1.29, 1.82) is 0 Å². The zero-order valence-corrected chi connectivity index (χ0v) is 17.3. The number of aliphatic hydroxyl groups excluding tert-OH is 1. The molecule has 0 fully saturated rings. The summed E-state index contributed by atoms with van der Waals surface area (Å²) in [5.74, 6) is 0.127. The molecule has 0 bridgehead atoms. The fourth-order valence-electron chi connectivity index (χ4n) is 3.54. The molecule has 0 saturated carbocycles. The Balaban J connectivity index is 1.91. The summed E-state index contributed by atoms with van der Waals surface area (Å²) in [4.78, 5) is 18.5. The Hall–Kier alpha value is -2.43. The van der Waals surface area contributed by atoms with Gasteiger partial charge in [-0.3, -0.25) is 4.79 Å². The number of aromatic nitrogens is 1. The minimum Gasteiger partial charge on any atom is -0.511 e. The average molecular weight is 410 g/mol. The van der Waals surface area contributed by atoms with Crippen LogP contribution in [0.2, 0.25) is 5.02 Å². The number of thiazole rings is 1. The van der Waals surface area contributed by atoms with Gasteiger partial charge >= 0.3 is 0 Å². The lowest BCUT2D eigenvalue weighted by Gasteiger charge is -2.29. The van der Waals surface area contributed by atoms with Crippen molar-refractivity contribution >= 4 is 34.3 Å². The standard InChI is InChI=1S/C23H20ClNO2S/c1-23(2)12-17(26)19(18(27)13-23)21-20(14-6-4-3-5-7-14)25-22(28-21)15-8-10-16(24)11-9-15/h3-11,26H,12-13H2,1-2H3. The van der Waals surface area contributed by atoms with E-state index >= 15 is 0 Å². The second kappa shape index (κ2) is 7.19. The largest absolute Gasteiger partial charge is 0.511 e. The van der Waals surface area contributed by atoms with Crippen molar-refractivity contribution in [3.05, 3.63) is 70.3 Å². The molecule has 3 nitrogen and oxygen atoms in total. The molecule has 0 radical (unpaired) electrons. The summed E-state index contributed by atoms with van der Waals surface area (Å²) >= 11 is 7.45. The number of hydrogen-bond acceptors (Lipinski definition) is 4. The Labute approximate surface area is 173 Å². The maximum Gasteiger partial charge on any atom is 0.168 e. The highest BCUT2D eigenvalue weighted by atomic mass is 35.5. The van der Waals surface area contributed by atoms with Crippen LogP contribution >= 0.6 is 22.9 Å². The van der Waals surface area contributed by atoms with E-state index in [1.54, 1.807) is 0 Å². The zero-order chi connectivity index (χ0) is 19.9. The second-order valence-electron chi connectivity index (χ2n) is 7.83. The quantitative estimate of drug-likeness (QED) is 0.518. The minimum absolute atomic E-state index is 0.0303. The minimum atomic E-state index is -0.235.